The van der Waals surface area contributed by atoms with Crippen LogP contribution < -0.4 is 10.6 Å². The summed E-state index contributed by atoms with van der Waals surface area (Å²) in [5, 5.41) is 6.55. The lowest BCUT2D eigenvalue weighted by atomic mass is 9.91. The maximum atomic E-state index is 11.8. The third-order valence-corrected chi connectivity index (χ3v) is 4.58. The highest BCUT2D eigenvalue weighted by Crippen LogP contribution is 2.19. The molecule has 1 fully saturated rings. The van der Waals surface area contributed by atoms with Crippen molar-refractivity contribution in [1.29, 1.82) is 0 Å². The first kappa shape index (κ1) is 18.5. The zero-order valence-electron chi connectivity index (χ0n) is 14.3. The van der Waals surface area contributed by atoms with E-state index < -0.39 is 5.60 Å². The zero-order valence-corrected chi connectivity index (χ0v) is 15.9. The summed E-state index contributed by atoms with van der Waals surface area (Å²) in [7, 11) is 0. The van der Waals surface area contributed by atoms with Crippen LogP contribution in [0.15, 0.2) is 17.1 Å². The molecule has 1 heterocycles. The van der Waals surface area contributed by atoms with Gasteiger partial charge in [0.1, 0.15) is 5.60 Å². The lowest BCUT2D eigenvalue weighted by molar-refractivity contribution is 0.0490. The first-order valence-electron chi connectivity index (χ1n) is 8.40. The number of alkyl carbamates (subject to hydrolysis) is 1. The summed E-state index contributed by atoms with van der Waals surface area (Å²) in [5.74, 6) is 0. The van der Waals surface area contributed by atoms with Gasteiger partial charge in [-0.15, -0.1) is 0 Å². The Hall–Kier alpha value is -0.880. The van der Waals surface area contributed by atoms with E-state index in [4.69, 9.17) is 4.74 Å². The SMILES string of the molecule is CC(C)(C)OC(=O)NC1CCC(NCC2=NCC(Br)C=C2)CC1. The van der Waals surface area contributed by atoms with Gasteiger partial charge in [-0.05, 0) is 52.5 Å². The van der Waals surface area contributed by atoms with Gasteiger partial charge in [-0.1, -0.05) is 22.0 Å². The van der Waals surface area contributed by atoms with Gasteiger partial charge in [-0.2, -0.15) is 0 Å². The second-order valence-corrected chi connectivity index (χ2v) is 8.46. The Morgan fingerprint density at radius 1 is 1.30 bits per heavy atom. The van der Waals surface area contributed by atoms with Gasteiger partial charge in [0, 0.05) is 24.3 Å². The van der Waals surface area contributed by atoms with Gasteiger partial charge in [0.25, 0.3) is 0 Å². The first-order valence-corrected chi connectivity index (χ1v) is 9.32. The summed E-state index contributed by atoms with van der Waals surface area (Å²) < 4.78 is 5.31. The Morgan fingerprint density at radius 2 is 1.96 bits per heavy atom. The molecular weight excluding hydrogens is 358 g/mol. The van der Waals surface area contributed by atoms with Crippen LogP contribution in [0.3, 0.4) is 0 Å². The fraction of sp³-hybridized carbons (Fsp3) is 0.765. The molecule has 2 N–H and O–H groups in total. The predicted octanol–water partition coefficient (Wildman–Crippen LogP) is 3.19. The third kappa shape index (κ3) is 7.04. The molecule has 0 spiro atoms. The number of hydrogen-bond donors (Lipinski definition) is 2. The van der Waals surface area contributed by atoms with Gasteiger partial charge in [-0.3, -0.25) is 4.99 Å². The number of dihydropyridines is 1. The quantitative estimate of drug-likeness (QED) is 0.730. The van der Waals surface area contributed by atoms with Crippen LogP contribution in [0, 0.1) is 0 Å². The van der Waals surface area contributed by atoms with Gasteiger partial charge in [-0.25, -0.2) is 4.79 Å². The Labute approximate surface area is 147 Å². The molecular formula is C17H28BrN3O2. The van der Waals surface area contributed by atoms with Crippen molar-refractivity contribution in [2.45, 2.75) is 69.0 Å². The Bertz CT molecular complexity index is 463. The molecule has 23 heavy (non-hydrogen) atoms. The second kappa shape index (κ2) is 8.29. The number of amides is 1. The van der Waals surface area contributed by atoms with E-state index in [1.807, 2.05) is 20.8 Å². The van der Waals surface area contributed by atoms with E-state index >= 15 is 0 Å². The van der Waals surface area contributed by atoms with Crippen molar-refractivity contribution in [3.63, 3.8) is 0 Å². The summed E-state index contributed by atoms with van der Waals surface area (Å²) in [6.45, 7) is 7.29. The Morgan fingerprint density at radius 3 is 2.52 bits per heavy atom. The number of carbonyl (C=O) groups is 1. The molecule has 2 aliphatic rings. The number of nitrogens with one attached hydrogen (secondary N) is 2. The molecule has 1 unspecified atom stereocenters. The van der Waals surface area contributed by atoms with Crippen LogP contribution >= 0.6 is 15.9 Å². The maximum absolute atomic E-state index is 11.8. The van der Waals surface area contributed by atoms with E-state index in [0.717, 1.165) is 44.5 Å². The van der Waals surface area contributed by atoms with Crippen LogP contribution in [0.2, 0.25) is 0 Å². The highest BCUT2D eigenvalue weighted by Gasteiger charge is 2.24. The predicted molar refractivity (Wildman–Crippen MR) is 97.6 cm³/mol. The van der Waals surface area contributed by atoms with E-state index in [1.54, 1.807) is 0 Å². The molecule has 1 aliphatic carbocycles. The monoisotopic (exact) mass is 385 g/mol. The highest BCUT2D eigenvalue weighted by molar-refractivity contribution is 9.09. The van der Waals surface area contributed by atoms with Crippen molar-refractivity contribution >= 4 is 27.7 Å². The molecule has 0 radical (unpaired) electrons. The Kier molecular flexibility index (Phi) is 6.65. The number of carbonyl (C=O) groups excluding carboxylic acids is 1. The van der Waals surface area contributed by atoms with Gasteiger partial charge in [0.2, 0.25) is 0 Å². The summed E-state index contributed by atoms with van der Waals surface area (Å²) in [6.07, 6.45) is 8.04. The van der Waals surface area contributed by atoms with Crippen LogP contribution in [0.4, 0.5) is 4.79 Å². The largest absolute Gasteiger partial charge is 0.444 e. The molecule has 2 rings (SSSR count). The molecule has 1 atom stereocenters. The van der Waals surface area contributed by atoms with Crippen molar-refractivity contribution in [3.05, 3.63) is 12.2 Å². The van der Waals surface area contributed by atoms with Crippen molar-refractivity contribution in [2.24, 2.45) is 4.99 Å². The molecule has 5 nitrogen and oxygen atoms in total. The number of alkyl halides is 1. The molecule has 0 aromatic carbocycles. The minimum atomic E-state index is -0.439. The number of rotatable bonds is 4. The average Bonchev–Trinajstić information content (AvgIpc) is 2.46. The lowest BCUT2D eigenvalue weighted by Crippen LogP contribution is -2.44. The minimum Gasteiger partial charge on any atom is -0.444 e. The van der Waals surface area contributed by atoms with Crippen LogP contribution in [0.1, 0.15) is 46.5 Å². The summed E-state index contributed by atoms with van der Waals surface area (Å²) in [5.41, 5.74) is 0.681. The molecule has 1 amide bonds. The molecule has 0 aromatic rings. The standard InChI is InChI=1S/C17H28BrN3O2/c1-17(2,3)23-16(22)21-14-8-6-13(7-9-14)20-11-15-5-4-12(18)10-19-15/h4-5,12-14,20H,6-11H2,1-3H3,(H,21,22). The minimum absolute atomic E-state index is 0.226. The normalized spacial score (nSPS) is 28.2. The number of ether oxygens (including phenoxy) is 1. The zero-order chi connectivity index (χ0) is 16.9. The molecule has 0 bridgehead atoms. The smallest absolute Gasteiger partial charge is 0.407 e. The maximum Gasteiger partial charge on any atom is 0.407 e. The van der Waals surface area contributed by atoms with Crippen molar-refractivity contribution in [1.82, 2.24) is 10.6 Å². The number of halogens is 1. The lowest BCUT2D eigenvalue weighted by Gasteiger charge is -2.30. The molecule has 1 saturated carbocycles. The second-order valence-electron chi connectivity index (χ2n) is 7.28. The van der Waals surface area contributed by atoms with E-state index in [2.05, 4.69) is 43.7 Å². The van der Waals surface area contributed by atoms with E-state index in [0.29, 0.717) is 10.9 Å². The number of hydrogen-bond acceptors (Lipinski definition) is 4. The Balaban J connectivity index is 1.64. The summed E-state index contributed by atoms with van der Waals surface area (Å²) in [4.78, 5) is 16.7. The number of aliphatic imine (C=N–C) groups is 1. The van der Waals surface area contributed by atoms with Crippen LogP contribution in [0.25, 0.3) is 0 Å². The van der Waals surface area contributed by atoms with Gasteiger partial charge in [0.05, 0.1) is 11.4 Å². The fourth-order valence-corrected chi connectivity index (χ4v) is 3.11. The highest BCUT2D eigenvalue weighted by atomic mass is 79.9. The summed E-state index contributed by atoms with van der Waals surface area (Å²) >= 11 is 3.53. The van der Waals surface area contributed by atoms with Crippen molar-refractivity contribution < 1.29 is 9.53 Å². The topological polar surface area (TPSA) is 62.7 Å². The van der Waals surface area contributed by atoms with E-state index in [-0.39, 0.29) is 12.1 Å². The molecule has 0 aromatic heterocycles. The van der Waals surface area contributed by atoms with Gasteiger partial charge >= 0.3 is 6.09 Å². The van der Waals surface area contributed by atoms with Gasteiger partial charge in [0.15, 0.2) is 0 Å². The fourth-order valence-electron chi connectivity index (χ4n) is 2.81. The molecule has 6 heteroatoms. The number of nitrogens with zero attached hydrogens (tertiary/aromatic N) is 1. The molecule has 130 valence electrons. The first-order chi connectivity index (χ1) is 10.8. The van der Waals surface area contributed by atoms with Gasteiger partial charge < -0.3 is 15.4 Å². The van der Waals surface area contributed by atoms with E-state index in [1.165, 1.54) is 0 Å². The van der Waals surface area contributed by atoms with Crippen molar-refractivity contribution in [2.75, 3.05) is 13.1 Å². The summed E-state index contributed by atoms with van der Waals surface area (Å²) in [6, 6.07) is 0.730. The van der Waals surface area contributed by atoms with Crippen LogP contribution in [-0.4, -0.2) is 47.4 Å². The molecule has 1 aliphatic heterocycles. The average molecular weight is 386 g/mol. The third-order valence-electron chi connectivity index (χ3n) is 3.99. The van der Waals surface area contributed by atoms with Crippen LogP contribution in [0.5, 0.6) is 0 Å². The van der Waals surface area contributed by atoms with E-state index in [9.17, 15) is 4.79 Å². The molecule has 0 saturated heterocycles. The van der Waals surface area contributed by atoms with Crippen LogP contribution in [-0.2, 0) is 4.74 Å². The van der Waals surface area contributed by atoms with Crippen molar-refractivity contribution in [3.8, 4) is 0 Å².